The van der Waals surface area contributed by atoms with Crippen molar-refractivity contribution in [2.75, 3.05) is 18.8 Å². The third-order valence-corrected chi connectivity index (χ3v) is 6.82. The molecule has 1 heterocycles. The lowest BCUT2D eigenvalue weighted by Gasteiger charge is -2.38. The van der Waals surface area contributed by atoms with Crippen LogP contribution in [0.1, 0.15) is 33.1 Å². The second-order valence-corrected chi connectivity index (χ2v) is 8.57. The molecule has 0 atom stereocenters. The quantitative estimate of drug-likeness (QED) is 0.841. The average Bonchev–Trinajstić information content (AvgIpc) is 2.42. The SMILES string of the molecule is CCC1(C)CCN(S(=O)(=O)c2cc(Br)ccc2N)CC1. The highest BCUT2D eigenvalue weighted by molar-refractivity contribution is 9.10. The minimum atomic E-state index is -3.50. The van der Waals surface area contributed by atoms with E-state index in [1.54, 1.807) is 22.5 Å². The van der Waals surface area contributed by atoms with Gasteiger partial charge in [0.25, 0.3) is 0 Å². The lowest BCUT2D eigenvalue weighted by atomic mass is 9.79. The van der Waals surface area contributed by atoms with Gasteiger partial charge in [0, 0.05) is 17.6 Å². The van der Waals surface area contributed by atoms with Crippen LogP contribution < -0.4 is 5.73 Å². The first-order chi connectivity index (χ1) is 9.28. The molecule has 4 nitrogen and oxygen atoms in total. The summed E-state index contributed by atoms with van der Waals surface area (Å²) in [4.78, 5) is 0.201. The average molecular weight is 361 g/mol. The van der Waals surface area contributed by atoms with Crippen molar-refractivity contribution in [1.29, 1.82) is 0 Å². The van der Waals surface area contributed by atoms with Crippen LogP contribution in [-0.2, 0) is 10.0 Å². The summed E-state index contributed by atoms with van der Waals surface area (Å²) in [5, 5.41) is 0. The van der Waals surface area contributed by atoms with E-state index in [0.717, 1.165) is 23.7 Å². The molecule has 0 amide bonds. The molecule has 1 fully saturated rings. The standard InChI is InChI=1S/C14H21BrN2O2S/c1-3-14(2)6-8-17(9-7-14)20(18,19)13-10-11(15)4-5-12(13)16/h4-5,10H,3,6-9,16H2,1-2H3. The number of hydrogen-bond donors (Lipinski definition) is 1. The van der Waals surface area contributed by atoms with Crippen LogP contribution in [0.15, 0.2) is 27.6 Å². The molecule has 0 radical (unpaired) electrons. The number of piperidine rings is 1. The monoisotopic (exact) mass is 360 g/mol. The summed E-state index contributed by atoms with van der Waals surface area (Å²) in [5.41, 5.74) is 6.40. The van der Waals surface area contributed by atoms with Gasteiger partial charge in [-0.2, -0.15) is 4.31 Å². The van der Waals surface area contributed by atoms with E-state index in [9.17, 15) is 8.42 Å². The summed E-state index contributed by atoms with van der Waals surface area (Å²) >= 11 is 3.30. The number of sulfonamides is 1. The van der Waals surface area contributed by atoms with E-state index in [1.165, 1.54) is 0 Å². The number of benzene rings is 1. The Balaban J connectivity index is 2.26. The molecule has 20 heavy (non-hydrogen) atoms. The summed E-state index contributed by atoms with van der Waals surface area (Å²) in [6.45, 7) is 5.53. The highest BCUT2D eigenvalue weighted by Gasteiger charge is 2.35. The van der Waals surface area contributed by atoms with Crippen molar-refractivity contribution < 1.29 is 8.42 Å². The van der Waals surface area contributed by atoms with E-state index < -0.39 is 10.0 Å². The Morgan fingerprint density at radius 1 is 1.35 bits per heavy atom. The maximum absolute atomic E-state index is 12.7. The Bertz CT molecular complexity index is 593. The van der Waals surface area contributed by atoms with E-state index in [1.807, 2.05) is 0 Å². The molecule has 1 aromatic rings. The summed E-state index contributed by atoms with van der Waals surface area (Å²) < 4.78 is 27.7. The molecule has 1 aliphatic rings. The van der Waals surface area contributed by atoms with Gasteiger partial charge in [0.2, 0.25) is 10.0 Å². The highest BCUT2D eigenvalue weighted by Crippen LogP contribution is 2.36. The molecule has 0 aliphatic carbocycles. The maximum atomic E-state index is 12.7. The lowest BCUT2D eigenvalue weighted by molar-refractivity contribution is 0.169. The van der Waals surface area contributed by atoms with Crippen molar-refractivity contribution in [1.82, 2.24) is 4.31 Å². The molecule has 0 aromatic heterocycles. The number of rotatable bonds is 3. The maximum Gasteiger partial charge on any atom is 0.245 e. The molecule has 2 N–H and O–H groups in total. The smallest absolute Gasteiger partial charge is 0.245 e. The number of nitrogens with zero attached hydrogens (tertiary/aromatic N) is 1. The van der Waals surface area contributed by atoms with Crippen molar-refractivity contribution in [3.63, 3.8) is 0 Å². The molecular formula is C14H21BrN2O2S. The summed E-state index contributed by atoms with van der Waals surface area (Å²) in [5.74, 6) is 0. The fourth-order valence-electron chi connectivity index (χ4n) is 2.49. The Kier molecular flexibility index (Phi) is 4.47. The van der Waals surface area contributed by atoms with Crippen molar-refractivity contribution in [2.24, 2.45) is 5.41 Å². The highest BCUT2D eigenvalue weighted by atomic mass is 79.9. The minimum Gasteiger partial charge on any atom is -0.398 e. The van der Waals surface area contributed by atoms with Gasteiger partial charge in [-0.15, -0.1) is 0 Å². The third-order valence-electron chi connectivity index (χ3n) is 4.38. The van der Waals surface area contributed by atoms with Gasteiger partial charge in [-0.1, -0.05) is 36.2 Å². The number of nitrogens with two attached hydrogens (primary N) is 1. The number of hydrogen-bond acceptors (Lipinski definition) is 3. The number of halogens is 1. The van der Waals surface area contributed by atoms with Crippen molar-refractivity contribution in [2.45, 2.75) is 38.0 Å². The molecule has 0 saturated carbocycles. The largest absolute Gasteiger partial charge is 0.398 e. The topological polar surface area (TPSA) is 63.4 Å². The first-order valence-electron chi connectivity index (χ1n) is 6.84. The molecule has 112 valence electrons. The third kappa shape index (κ3) is 3.02. The summed E-state index contributed by atoms with van der Waals surface area (Å²) in [6.07, 6.45) is 2.88. The fraction of sp³-hybridized carbons (Fsp3) is 0.571. The minimum absolute atomic E-state index is 0.201. The van der Waals surface area contributed by atoms with Crippen LogP contribution >= 0.6 is 15.9 Å². The van der Waals surface area contributed by atoms with Crippen molar-refractivity contribution >= 4 is 31.6 Å². The van der Waals surface area contributed by atoms with Crippen LogP contribution in [0.5, 0.6) is 0 Å². The van der Waals surface area contributed by atoms with Gasteiger partial charge in [-0.25, -0.2) is 8.42 Å². The number of nitrogen functional groups attached to an aromatic ring is 1. The van der Waals surface area contributed by atoms with Gasteiger partial charge in [0.05, 0.1) is 5.69 Å². The van der Waals surface area contributed by atoms with Crippen LogP contribution in [0.4, 0.5) is 5.69 Å². The van der Waals surface area contributed by atoms with E-state index in [-0.39, 0.29) is 10.3 Å². The summed E-state index contributed by atoms with van der Waals surface area (Å²) in [7, 11) is -3.50. The molecule has 0 bridgehead atoms. The molecule has 2 rings (SSSR count). The molecule has 1 aliphatic heterocycles. The van der Waals surface area contributed by atoms with Crippen LogP contribution in [0, 0.1) is 5.41 Å². The molecule has 6 heteroatoms. The zero-order chi connectivity index (χ0) is 15.0. The van der Waals surface area contributed by atoms with Gasteiger partial charge in [-0.05, 0) is 36.5 Å². The van der Waals surface area contributed by atoms with E-state index in [2.05, 4.69) is 29.8 Å². The molecular weight excluding hydrogens is 340 g/mol. The van der Waals surface area contributed by atoms with Crippen molar-refractivity contribution in [3.8, 4) is 0 Å². The van der Waals surface area contributed by atoms with Crippen LogP contribution in [0.2, 0.25) is 0 Å². The molecule has 0 unspecified atom stereocenters. The fourth-order valence-corrected chi connectivity index (χ4v) is 4.59. The second-order valence-electron chi connectivity index (χ2n) is 5.75. The van der Waals surface area contributed by atoms with Crippen molar-refractivity contribution in [3.05, 3.63) is 22.7 Å². The Morgan fingerprint density at radius 3 is 2.50 bits per heavy atom. The molecule has 1 aromatic carbocycles. The first-order valence-corrected chi connectivity index (χ1v) is 9.07. The first kappa shape index (κ1) is 15.8. The van der Waals surface area contributed by atoms with Gasteiger partial charge >= 0.3 is 0 Å². The zero-order valence-corrected chi connectivity index (χ0v) is 14.3. The van der Waals surface area contributed by atoms with E-state index in [4.69, 9.17) is 5.73 Å². The second kappa shape index (κ2) is 5.66. The molecule has 0 spiro atoms. The van der Waals surface area contributed by atoms with Gasteiger partial charge in [-0.3, -0.25) is 0 Å². The van der Waals surface area contributed by atoms with E-state index >= 15 is 0 Å². The van der Waals surface area contributed by atoms with Gasteiger partial charge in [0.15, 0.2) is 0 Å². The van der Waals surface area contributed by atoms with Gasteiger partial charge in [0.1, 0.15) is 4.90 Å². The number of anilines is 1. The van der Waals surface area contributed by atoms with E-state index in [0.29, 0.717) is 18.8 Å². The predicted molar refractivity (Wildman–Crippen MR) is 84.9 cm³/mol. The zero-order valence-electron chi connectivity index (χ0n) is 11.9. The summed E-state index contributed by atoms with van der Waals surface area (Å²) in [6, 6.07) is 4.95. The Hall–Kier alpha value is -0.590. The Labute approximate surface area is 129 Å². The molecule has 1 saturated heterocycles. The normalized spacial score (nSPS) is 19.9. The Morgan fingerprint density at radius 2 is 1.95 bits per heavy atom. The van der Waals surface area contributed by atoms with Crippen LogP contribution in [0.3, 0.4) is 0 Å². The van der Waals surface area contributed by atoms with Crippen LogP contribution in [-0.4, -0.2) is 25.8 Å². The van der Waals surface area contributed by atoms with Crippen LogP contribution in [0.25, 0.3) is 0 Å². The predicted octanol–water partition coefficient (Wildman–Crippen LogP) is 3.23. The van der Waals surface area contributed by atoms with Gasteiger partial charge < -0.3 is 5.73 Å². The lowest BCUT2D eigenvalue weighted by Crippen LogP contribution is -2.42.